The Kier molecular flexibility index (Phi) is 6.14. The van der Waals surface area contributed by atoms with Gasteiger partial charge in [0.15, 0.2) is 0 Å². The van der Waals surface area contributed by atoms with Crippen LogP contribution in [0.15, 0.2) is 48.8 Å². The van der Waals surface area contributed by atoms with Crippen LogP contribution in [-0.4, -0.2) is 16.3 Å². The second kappa shape index (κ2) is 8.39. The van der Waals surface area contributed by atoms with Gasteiger partial charge in [-0.2, -0.15) is 0 Å². The van der Waals surface area contributed by atoms with Crippen LogP contribution in [0.3, 0.4) is 0 Å². The molecule has 0 aliphatic carbocycles. The molecule has 0 unspecified atom stereocenters. The highest BCUT2D eigenvalue weighted by atomic mass is 127. The van der Waals surface area contributed by atoms with Crippen molar-refractivity contribution in [3.63, 3.8) is 0 Å². The predicted octanol–water partition coefficient (Wildman–Crippen LogP) is 6.48. The maximum Gasteiger partial charge on any atom is 0.573 e. The molecule has 0 saturated heterocycles. The van der Waals surface area contributed by atoms with Crippen LogP contribution in [0.25, 0.3) is 0 Å². The van der Waals surface area contributed by atoms with Gasteiger partial charge in [0.2, 0.25) is 0 Å². The van der Waals surface area contributed by atoms with Crippen LogP contribution >= 0.6 is 34.2 Å². The molecule has 1 heterocycles. The van der Waals surface area contributed by atoms with Crippen molar-refractivity contribution >= 4 is 45.7 Å². The average Bonchev–Trinajstić information content (AvgIpc) is 2.60. The zero-order chi connectivity index (χ0) is 20.3. The van der Waals surface area contributed by atoms with E-state index < -0.39 is 6.36 Å². The van der Waals surface area contributed by atoms with Crippen molar-refractivity contribution in [2.45, 2.75) is 13.3 Å². The van der Waals surface area contributed by atoms with E-state index in [4.69, 9.17) is 16.3 Å². The molecule has 0 saturated carbocycles. The van der Waals surface area contributed by atoms with Crippen molar-refractivity contribution in [1.29, 1.82) is 0 Å². The van der Waals surface area contributed by atoms with Gasteiger partial charge >= 0.3 is 6.36 Å². The predicted molar refractivity (Wildman–Crippen MR) is 107 cm³/mol. The van der Waals surface area contributed by atoms with Crippen LogP contribution in [0, 0.1) is 10.6 Å². The highest BCUT2D eigenvalue weighted by Gasteiger charge is 2.31. The van der Waals surface area contributed by atoms with Crippen LogP contribution in [0.2, 0.25) is 5.02 Å². The molecule has 0 bridgehead atoms. The molecular formula is C18H12ClF3IN3O2. The number of halogens is 5. The van der Waals surface area contributed by atoms with E-state index in [1.54, 1.807) is 18.2 Å². The van der Waals surface area contributed by atoms with E-state index in [9.17, 15) is 13.2 Å². The van der Waals surface area contributed by atoms with Gasteiger partial charge < -0.3 is 14.8 Å². The zero-order valence-electron chi connectivity index (χ0n) is 14.2. The molecule has 10 heteroatoms. The molecular weight excluding hydrogens is 510 g/mol. The van der Waals surface area contributed by atoms with Gasteiger partial charge in [-0.05, 0) is 59.8 Å². The van der Waals surface area contributed by atoms with Gasteiger partial charge in [0.25, 0.3) is 0 Å². The summed E-state index contributed by atoms with van der Waals surface area (Å²) in [6.07, 6.45) is -3.33. The summed E-state index contributed by atoms with van der Waals surface area (Å²) >= 11 is 8.36. The SMILES string of the molecule is Cc1c(I)ncnc1Nc1ccc(Oc2cccc(OC(F)(F)F)c2)c(Cl)c1. The molecule has 0 aliphatic heterocycles. The number of nitrogens with zero attached hydrogens (tertiary/aromatic N) is 2. The highest BCUT2D eigenvalue weighted by Crippen LogP contribution is 2.34. The lowest BCUT2D eigenvalue weighted by molar-refractivity contribution is -0.274. The van der Waals surface area contributed by atoms with E-state index in [-0.39, 0.29) is 22.3 Å². The normalized spacial score (nSPS) is 11.2. The van der Waals surface area contributed by atoms with E-state index >= 15 is 0 Å². The summed E-state index contributed by atoms with van der Waals surface area (Å²) in [5, 5.41) is 3.41. The Hall–Kier alpha value is -2.27. The van der Waals surface area contributed by atoms with E-state index in [1.807, 2.05) is 6.92 Å². The molecule has 28 heavy (non-hydrogen) atoms. The lowest BCUT2D eigenvalue weighted by Gasteiger charge is -2.13. The van der Waals surface area contributed by atoms with Gasteiger partial charge in [-0.1, -0.05) is 17.7 Å². The molecule has 146 valence electrons. The summed E-state index contributed by atoms with van der Waals surface area (Å²) in [5.74, 6) is 0.699. The van der Waals surface area contributed by atoms with Crippen molar-refractivity contribution < 1.29 is 22.6 Å². The quantitative estimate of drug-likeness (QED) is 0.308. The minimum Gasteiger partial charge on any atom is -0.456 e. The smallest absolute Gasteiger partial charge is 0.456 e. The summed E-state index contributed by atoms with van der Waals surface area (Å²) in [6.45, 7) is 1.89. The van der Waals surface area contributed by atoms with Gasteiger partial charge in [-0.25, -0.2) is 9.97 Å². The Bertz CT molecular complexity index is 1000. The van der Waals surface area contributed by atoms with Crippen molar-refractivity contribution in [1.82, 2.24) is 9.97 Å². The number of aromatic nitrogens is 2. The summed E-state index contributed by atoms with van der Waals surface area (Å²) in [6, 6.07) is 10.1. The van der Waals surface area contributed by atoms with Crippen LogP contribution in [0.4, 0.5) is 24.7 Å². The fraction of sp³-hybridized carbons (Fsp3) is 0.111. The number of nitrogens with one attached hydrogen (secondary N) is 1. The first-order valence-corrected chi connectivity index (χ1v) is 9.24. The van der Waals surface area contributed by atoms with Crippen molar-refractivity contribution in [3.05, 3.63) is 63.1 Å². The maximum absolute atomic E-state index is 12.3. The second-order valence-corrected chi connectivity index (χ2v) is 6.96. The Morgan fingerprint density at radius 1 is 1.07 bits per heavy atom. The second-order valence-electron chi connectivity index (χ2n) is 5.53. The lowest BCUT2D eigenvalue weighted by atomic mass is 10.2. The maximum atomic E-state index is 12.3. The number of rotatable bonds is 5. The minimum absolute atomic E-state index is 0.158. The summed E-state index contributed by atoms with van der Waals surface area (Å²) in [4.78, 5) is 8.28. The fourth-order valence-corrected chi connectivity index (χ4v) is 2.81. The van der Waals surface area contributed by atoms with E-state index in [0.717, 1.165) is 15.3 Å². The van der Waals surface area contributed by atoms with Crippen molar-refractivity contribution in [3.8, 4) is 17.2 Å². The number of benzene rings is 2. The molecule has 0 aliphatic rings. The molecule has 0 radical (unpaired) electrons. The fourth-order valence-electron chi connectivity index (χ4n) is 2.21. The van der Waals surface area contributed by atoms with E-state index in [0.29, 0.717) is 11.5 Å². The molecule has 5 nitrogen and oxygen atoms in total. The van der Waals surface area contributed by atoms with Crippen molar-refractivity contribution in [2.75, 3.05) is 5.32 Å². The van der Waals surface area contributed by atoms with Gasteiger partial charge in [-0.3, -0.25) is 0 Å². The monoisotopic (exact) mass is 521 g/mol. The molecule has 3 aromatic rings. The topological polar surface area (TPSA) is 56.3 Å². The number of hydrogen-bond donors (Lipinski definition) is 1. The third-order valence-corrected chi connectivity index (χ3v) is 4.87. The average molecular weight is 522 g/mol. The molecule has 0 atom stereocenters. The van der Waals surface area contributed by atoms with Crippen LogP contribution < -0.4 is 14.8 Å². The Morgan fingerprint density at radius 2 is 1.82 bits per heavy atom. The first kappa shape index (κ1) is 20.5. The first-order valence-electron chi connectivity index (χ1n) is 7.78. The molecule has 0 fully saturated rings. The Balaban J connectivity index is 1.76. The van der Waals surface area contributed by atoms with E-state index in [1.165, 1.54) is 24.5 Å². The highest BCUT2D eigenvalue weighted by molar-refractivity contribution is 14.1. The Morgan fingerprint density at radius 3 is 2.54 bits per heavy atom. The molecule has 3 rings (SSSR count). The van der Waals surface area contributed by atoms with Gasteiger partial charge in [-0.15, -0.1) is 13.2 Å². The number of ether oxygens (including phenoxy) is 2. The minimum atomic E-state index is -4.78. The van der Waals surface area contributed by atoms with Crippen LogP contribution in [-0.2, 0) is 0 Å². The summed E-state index contributed by atoms with van der Waals surface area (Å²) in [5.41, 5.74) is 1.56. The summed E-state index contributed by atoms with van der Waals surface area (Å²) in [7, 11) is 0. The van der Waals surface area contributed by atoms with Gasteiger partial charge in [0.1, 0.15) is 33.1 Å². The number of anilines is 2. The van der Waals surface area contributed by atoms with E-state index in [2.05, 4.69) is 42.6 Å². The third kappa shape index (κ3) is 5.38. The number of hydrogen-bond acceptors (Lipinski definition) is 5. The molecule has 1 aromatic heterocycles. The van der Waals surface area contributed by atoms with Crippen LogP contribution in [0.5, 0.6) is 17.2 Å². The molecule has 0 amide bonds. The zero-order valence-corrected chi connectivity index (χ0v) is 17.1. The summed E-state index contributed by atoms with van der Waals surface area (Å²) < 4.78 is 47.3. The molecule has 2 aromatic carbocycles. The van der Waals surface area contributed by atoms with Gasteiger partial charge in [0, 0.05) is 17.3 Å². The van der Waals surface area contributed by atoms with Crippen molar-refractivity contribution in [2.24, 2.45) is 0 Å². The first-order chi connectivity index (χ1) is 13.2. The number of alkyl halides is 3. The Labute approximate surface area is 177 Å². The van der Waals surface area contributed by atoms with Gasteiger partial charge in [0.05, 0.1) is 5.02 Å². The lowest BCUT2D eigenvalue weighted by Crippen LogP contribution is -2.17. The largest absolute Gasteiger partial charge is 0.573 e. The standard InChI is InChI=1S/C18H12ClF3IN3O2/c1-10-16(23)24-9-25-17(10)26-11-5-6-15(14(19)7-11)27-12-3-2-4-13(8-12)28-18(20,21)22/h2-9H,1H3,(H,24,25,26). The third-order valence-electron chi connectivity index (χ3n) is 3.48. The molecule has 0 spiro atoms. The van der Waals surface area contributed by atoms with Crippen LogP contribution in [0.1, 0.15) is 5.56 Å². The molecule has 1 N–H and O–H groups in total.